The zero-order chi connectivity index (χ0) is 25.5. The number of aromatic nitrogens is 1. The molecule has 1 heterocycles. The fourth-order valence-electron chi connectivity index (χ4n) is 3.73. The van der Waals surface area contributed by atoms with Gasteiger partial charge in [0.2, 0.25) is 0 Å². The molecule has 8 heteroatoms. The van der Waals surface area contributed by atoms with Gasteiger partial charge in [-0.3, -0.25) is 4.79 Å². The zero-order valence-corrected chi connectivity index (χ0v) is 23.9. The van der Waals surface area contributed by atoms with Crippen molar-refractivity contribution in [1.29, 1.82) is 0 Å². The number of nitrogens with one attached hydrogen (secondary N) is 1. The van der Waals surface area contributed by atoms with Gasteiger partial charge < -0.3 is 20.0 Å². The van der Waals surface area contributed by atoms with Crippen LogP contribution in [-0.2, 0) is 20.9 Å². The normalized spacial score (nSPS) is 12.6. The molecule has 1 aliphatic rings. The number of fused-ring (bicyclic) bond motifs is 1. The summed E-state index contributed by atoms with van der Waals surface area (Å²) in [4.78, 5) is 22.0. The summed E-state index contributed by atoms with van der Waals surface area (Å²) in [6, 6.07) is 21.8. The van der Waals surface area contributed by atoms with E-state index < -0.39 is 11.4 Å². The first-order chi connectivity index (χ1) is 17.5. The van der Waals surface area contributed by atoms with Crippen molar-refractivity contribution in [2.75, 3.05) is 12.4 Å². The van der Waals surface area contributed by atoms with Crippen LogP contribution in [0.15, 0.2) is 66.7 Å². The Morgan fingerprint density at radius 2 is 1.84 bits per heavy atom. The number of ether oxygens (including phenoxy) is 1. The van der Waals surface area contributed by atoms with Crippen LogP contribution in [0.4, 0.5) is 5.69 Å². The molecule has 4 aromatic rings. The van der Waals surface area contributed by atoms with Gasteiger partial charge in [-0.15, -0.1) is 0 Å². The quantitative estimate of drug-likeness (QED) is 0.236. The molecule has 37 heavy (non-hydrogen) atoms. The van der Waals surface area contributed by atoms with Crippen LogP contribution < -0.4 is 40.0 Å². The molecular weight excluding hydrogens is 495 g/mol. The van der Waals surface area contributed by atoms with Crippen LogP contribution in [0, 0.1) is 24.2 Å². The second kappa shape index (κ2) is 12.9. The monoisotopic (exact) mass is 520 g/mol. The standard InChI is InChI=1S/C21H18N2O2S.C8H8O2.Na/c1-13-18(22-2)19(26-23-13)17-6-5-15-11-14(3-4-16(15)12-17)7-8-21(9-10-21)20(24)25;9-7-10-6-8-4-2-1-3-5-8;/h3-6,11-12,22H,9-10H2,1-2H3,(H,24,25);1-5,7H,6H2;/q;;+1/p-1. The van der Waals surface area contributed by atoms with Crippen LogP contribution in [0.5, 0.6) is 0 Å². The minimum Gasteiger partial charge on any atom is -0.548 e. The molecule has 3 aromatic carbocycles. The molecule has 1 aromatic heterocycles. The van der Waals surface area contributed by atoms with Crippen molar-refractivity contribution in [1.82, 2.24) is 4.37 Å². The molecule has 0 saturated heterocycles. The Hall–Kier alpha value is -3.15. The van der Waals surface area contributed by atoms with Gasteiger partial charge in [-0.2, -0.15) is 4.37 Å². The third kappa shape index (κ3) is 7.00. The molecule has 182 valence electrons. The van der Waals surface area contributed by atoms with E-state index in [9.17, 15) is 14.7 Å². The molecule has 1 saturated carbocycles. The van der Waals surface area contributed by atoms with Crippen LogP contribution >= 0.6 is 11.5 Å². The number of rotatable bonds is 6. The topological polar surface area (TPSA) is 91.4 Å². The van der Waals surface area contributed by atoms with Gasteiger partial charge in [-0.25, -0.2) is 0 Å². The summed E-state index contributed by atoms with van der Waals surface area (Å²) in [7, 11) is 1.91. The van der Waals surface area contributed by atoms with Gasteiger partial charge in [0.25, 0.3) is 6.47 Å². The number of carbonyl (C=O) groups excluding carboxylic acids is 2. The number of hydrogen-bond acceptors (Lipinski definition) is 7. The number of carboxylic acid groups (broad SMARTS) is 1. The smallest absolute Gasteiger partial charge is 0.548 e. The summed E-state index contributed by atoms with van der Waals surface area (Å²) < 4.78 is 8.97. The number of anilines is 1. The Balaban J connectivity index is 0.000000293. The van der Waals surface area contributed by atoms with E-state index >= 15 is 0 Å². The van der Waals surface area contributed by atoms with Crippen molar-refractivity contribution in [3.63, 3.8) is 0 Å². The first-order valence-electron chi connectivity index (χ1n) is 11.5. The second-order valence-electron chi connectivity index (χ2n) is 8.51. The summed E-state index contributed by atoms with van der Waals surface area (Å²) >= 11 is 1.49. The molecule has 0 aliphatic heterocycles. The van der Waals surface area contributed by atoms with Crippen LogP contribution in [0.1, 0.15) is 29.7 Å². The number of nitrogens with zero attached hydrogens (tertiary/aromatic N) is 1. The average molecular weight is 521 g/mol. The summed E-state index contributed by atoms with van der Waals surface area (Å²) in [6.07, 6.45) is 1.17. The van der Waals surface area contributed by atoms with E-state index in [2.05, 4.69) is 44.5 Å². The van der Waals surface area contributed by atoms with Gasteiger partial charge in [0.1, 0.15) is 6.61 Å². The molecule has 1 N–H and O–H groups in total. The van der Waals surface area contributed by atoms with E-state index in [0.29, 0.717) is 25.9 Å². The number of benzene rings is 3. The number of hydrogen-bond donors (Lipinski definition) is 1. The van der Waals surface area contributed by atoms with Gasteiger partial charge >= 0.3 is 29.6 Å². The van der Waals surface area contributed by atoms with Crippen molar-refractivity contribution >= 4 is 40.4 Å². The maximum atomic E-state index is 11.1. The Morgan fingerprint density at radius 1 is 1.14 bits per heavy atom. The van der Waals surface area contributed by atoms with Gasteiger partial charge in [0, 0.05) is 12.6 Å². The van der Waals surface area contributed by atoms with Gasteiger partial charge in [0.15, 0.2) is 0 Å². The Kier molecular flexibility index (Phi) is 9.90. The van der Waals surface area contributed by atoms with Crippen molar-refractivity contribution in [3.8, 4) is 22.3 Å². The average Bonchev–Trinajstić information content (AvgIpc) is 3.62. The fourth-order valence-corrected chi connectivity index (χ4v) is 4.62. The number of aryl methyl sites for hydroxylation is 1. The van der Waals surface area contributed by atoms with Crippen molar-refractivity contribution in [3.05, 3.63) is 83.6 Å². The van der Waals surface area contributed by atoms with Gasteiger partial charge in [0.05, 0.1) is 27.6 Å². The second-order valence-corrected chi connectivity index (χ2v) is 9.28. The van der Waals surface area contributed by atoms with E-state index in [0.717, 1.165) is 43.7 Å². The molecule has 0 unspecified atom stereocenters. The molecule has 0 radical (unpaired) electrons. The summed E-state index contributed by atoms with van der Waals surface area (Å²) in [5.74, 6) is 4.82. The Labute approximate surface area is 242 Å². The van der Waals surface area contributed by atoms with Crippen molar-refractivity contribution in [2.24, 2.45) is 5.41 Å². The summed E-state index contributed by atoms with van der Waals surface area (Å²) in [6.45, 7) is 2.81. The third-order valence-electron chi connectivity index (χ3n) is 5.96. The van der Waals surface area contributed by atoms with E-state index in [4.69, 9.17) is 0 Å². The van der Waals surface area contributed by atoms with E-state index in [1.807, 2.05) is 62.5 Å². The third-order valence-corrected chi connectivity index (χ3v) is 6.95. The molecule has 6 nitrogen and oxygen atoms in total. The van der Waals surface area contributed by atoms with E-state index in [1.54, 1.807) is 0 Å². The summed E-state index contributed by atoms with van der Waals surface area (Å²) in [5.41, 5.74) is 4.10. The minimum absolute atomic E-state index is 0. The first kappa shape index (κ1) is 28.4. The predicted octanol–water partition coefficient (Wildman–Crippen LogP) is 1.56. The Morgan fingerprint density at radius 3 is 2.49 bits per heavy atom. The molecule has 0 amide bonds. The molecule has 0 bridgehead atoms. The zero-order valence-electron chi connectivity index (χ0n) is 21.0. The minimum atomic E-state index is -1.06. The van der Waals surface area contributed by atoms with Crippen molar-refractivity contribution in [2.45, 2.75) is 26.4 Å². The van der Waals surface area contributed by atoms with Crippen LogP contribution in [-0.4, -0.2) is 23.9 Å². The Bertz CT molecular complexity index is 1450. The molecule has 1 aliphatic carbocycles. The molecular formula is C29H25N2NaO4S. The van der Waals surface area contributed by atoms with Crippen LogP contribution in [0.2, 0.25) is 0 Å². The largest absolute Gasteiger partial charge is 1.00 e. The molecule has 5 rings (SSSR count). The number of carboxylic acids is 1. The fraction of sp³-hybridized carbons (Fsp3) is 0.207. The molecule has 1 fully saturated rings. The maximum Gasteiger partial charge on any atom is 1.00 e. The predicted molar refractivity (Wildman–Crippen MR) is 140 cm³/mol. The van der Waals surface area contributed by atoms with Crippen molar-refractivity contribution < 1.29 is 49.0 Å². The summed E-state index contributed by atoms with van der Waals surface area (Å²) in [5, 5.41) is 16.5. The SMILES string of the molecule is CNc1c(C)nsc1-c1ccc2cc(C#CC3(C(=O)[O-])CC3)ccc2c1.O=COCc1ccccc1.[Na+]. The maximum absolute atomic E-state index is 11.1. The van der Waals surface area contributed by atoms with E-state index in [1.165, 1.54) is 11.5 Å². The van der Waals surface area contributed by atoms with Gasteiger partial charge in [-0.1, -0.05) is 60.4 Å². The van der Waals surface area contributed by atoms with Crippen LogP contribution in [0.25, 0.3) is 21.2 Å². The van der Waals surface area contributed by atoms with E-state index in [-0.39, 0.29) is 29.6 Å². The number of aliphatic carboxylic acids is 1. The first-order valence-corrected chi connectivity index (χ1v) is 12.2. The van der Waals surface area contributed by atoms with Gasteiger partial charge in [-0.05, 0) is 71.4 Å². The van der Waals surface area contributed by atoms with Crippen LogP contribution in [0.3, 0.4) is 0 Å². The number of carbonyl (C=O) groups is 2. The molecule has 0 spiro atoms. The molecule has 0 atom stereocenters.